The van der Waals surface area contributed by atoms with E-state index < -0.39 is 0 Å². The maximum absolute atomic E-state index is 9.80. The molecule has 3 nitrogen and oxygen atoms in total. The Morgan fingerprint density at radius 1 is 1.39 bits per heavy atom. The van der Waals surface area contributed by atoms with Gasteiger partial charge in [0.15, 0.2) is 0 Å². The van der Waals surface area contributed by atoms with Crippen LogP contribution in [0.15, 0.2) is 36.9 Å². The second-order valence-corrected chi connectivity index (χ2v) is 4.56. The van der Waals surface area contributed by atoms with E-state index in [1.54, 1.807) is 7.11 Å². The van der Waals surface area contributed by atoms with E-state index >= 15 is 0 Å². The molecule has 0 saturated heterocycles. The van der Waals surface area contributed by atoms with Crippen LogP contribution in [0.3, 0.4) is 0 Å². The Labute approximate surface area is 110 Å². The van der Waals surface area contributed by atoms with E-state index in [4.69, 9.17) is 4.74 Å². The first-order chi connectivity index (χ1) is 8.65. The number of hydrogen-bond acceptors (Lipinski definition) is 3. The first kappa shape index (κ1) is 14.7. The summed E-state index contributed by atoms with van der Waals surface area (Å²) in [6.07, 6.45) is 3.19. The summed E-state index contributed by atoms with van der Waals surface area (Å²) in [4.78, 5) is 2.12. The number of aliphatic hydroxyl groups excluding tert-OH is 1. The molecule has 100 valence electrons. The fourth-order valence-electron chi connectivity index (χ4n) is 1.87. The molecule has 0 aliphatic carbocycles. The van der Waals surface area contributed by atoms with Gasteiger partial charge in [0.1, 0.15) is 5.75 Å². The summed E-state index contributed by atoms with van der Waals surface area (Å²) in [6, 6.07) is 8.01. The van der Waals surface area contributed by atoms with Crippen molar-refractivity contribution in [2.45, 2.75) is 25.5 Å². The zero-order chi connectivity index (χ0) is 13.4. The van der Waals surface area contributed by atoms with Crippen LogP contribution in [0.4, 0.5) is 0 Å². The third kappa shape index (κ3) is 5.34. The van der Waals surface area contributed by atoms with Gasteiger partial charge in [0, 0.05) is 13.1 Å². The van der Waals surface area contributed by atoms with E-state index in [-0.39, 0.29) is 6.10 Å². The molecule has 0 aliphatic heterocycles. The highest BCUT2D eigenvalue weighted by atomic mass is 16.5. The van der Waals surface area contributed by atoms with Crippen molar-refractivity contribution in [1.82, 2.24) is 4.90 Å². The van der Waals surface area contributed by atoms with Gasteiger partial charge in [0.2, 0.25) is 0 Å². The Morgan fingerprint density at radius 2 is 2.06 bits per heavy atom. The largest absolute Gasteiger partial charge is 0.497 e. The lowest BCUT2D eigenvalue weighted by Gasteiger charge is -2.20. The van der Waals surface area contributed by atoms with E-state index in [1.807, 2.05) is 37.4 Å². The van der Waals surface area contributed by atoms with E-state index in [0.717, 1.165) is 25.1 Å². The second-order valence-electron chi connectivity index (χ2n) is 4.56. The zero-order valence-electron chi connectivity index (χ0n) is 11.3. The molecule has 1 atom stereocenters. The minimum atomic E-state index is -0.286. The summed E-state index contributed by atoms with van der Waals surface area (Å²) in [5, 5.41) is 9.80. The molecule has 0 heterocycles. The molecule has 1 unspecified atom stereocenters. The summed E-state index contributed by atoms with van der Waals surface area (Å²) in [5.41, 5.74) is 1.22. The maximum Gasteiger partial charge on any atom is 0.118 e. The number of hydrogen-bond donors (Lipinski definition) is 1. The molecule has 1 rings (SSSR count). The lowest BCUT2D eigenvalue weighted by atomic mass is 10.1. The molecule has 1 aromatic carbocycles. The van der Waals surface area contributed by atoms with Gasteiger partial charge < -0.3 is 9.84 Å². The first-order valence-corrected chi connectivity index (χ1v) is 6.26. The molecular weight excluding hydrogens is 226 g/mol. The molecule has 1 N–H and O–H groups in total. The molecule has 0 aliphatic rings. The van der Waals surface area contributed by atoms with Gasteiger partial charge in [-0.3, -0.25) is 4.90 Å². The third-order valence-electron chi connectivity index (χ3n) is 2.84. The van der Waals surface area contributed by atoms with Crippen molar-refractivity contribution in [2.24, 2.45) is 0 Å². The molecule has 1 aromatic rings. The van der Waals surface area contributed by atoms with Crippen molar-refractivity contribution in [2.75, 3.05) is 20.7 Å². The third-order valence-corrected chi connectivity index (χ3v) is 2.84. The van der Waals surface area contributed by atoms with E-state index in [0.29, 0.717) is 6.54 Å². The Balaban J connectivity index is 2.38. The molecule has 0 bridgehead atoms. The van der Waals surface area contributed by atoms with Gasteiger partial charge in [0.05, 0.1) is 13.2 Å². The number of likely N-dealkylation sites (N-methyl/N-ethyl adjacent to an activating group) is 1. The van der Waals surface area contributed by atoms with Crippen LogP contribution in [0.25, 0.3) is 0 Å². The maximum atomic E-state index is 9.80. The van der Waals surface area contributed by atoms with Crippen molar-refractivity contribution in [1.29, 1.82) is 0 Å². The van der Waals surface area contributed by atoms with Crippen LogP contribution in [-0.4, -0.2) is 36.8 Å². The van der Waals surface area contributed by atoms with Crippen LogP contribution < -0.4 is 4.74 Å². The van der Waals surface area contributed by atoms with Crippen molar-refractivity contribution in [3.05, 3.63) is 42.5 Å². The topological polar surface area (TPSA) is 32.7 Å². The summed E-state index contributed by atoms with van der Waals surface area (Å²) >= 11 is 0. The lowest BCUT2D eigenvalue weighted by molar-refractivity contribution is 0.116. The number of methoxy groups -OCH3 is 1. The fourth-order valence-corrected chi connectivity index (χ4v) is 1.87. The number of benzene rings is 1. The molecule has 0 spiro atoms. The van der Waals surface area contributed by atoms with Crippen LogP contribution in [0, 0.1) is 0 Å². The number of nitrogens with zero attached hydrogens (tertiary/aromatic N) is 1. The van der Waals surface area contributed by atoms with E-state index in [9.17, 15) is 5.11 Å². The van der Waals surface area contributed by atoms with Gasteiger partial charge in [-0.05, 0) is 37.6 Å². The van der Waals surface area contributed by atoms with Gasteiger partial charge in [-0.25, -0.2) is 0 Å². The minimum absolute atomic E-state index is 0.286. The monoisotopic (exact) mass is 249 g/mol. The van der Waals surface area contributed by atoms with Gasteiger partial charge in [-0.2, -0.15) is 0 Å². The number of allylic oxidation sites excluding steroid dienone is 1. The summed E-state index contributed by atoms with van der Waals surface area (Å²) < 4.78 is 5.12. The summed E-state index contributed by atoms with van der Waals surface area (Å²) in [5.74, 6) is 0.868. The van der Waals surface area contributed by atoms with Crippen LogP contribution in [0.5, 0.6) is 5.75 Å². The first-order valence-electron chi connectivity index (χ1n) is 6.26. The highest BCUT2D eigenvalue weighted by molar-refractivity contribution is 5.27. The average Bonchev–Trinajstić information content (AvgIpc) is 2.37. The smallest absolute Gasteiger partial charge is 0.118 e. The van der Waals surface area contributed by atoms with E-state index in [1.165, 1.54) is 5.56 Å². The SMILES string of the molecule is C=CCCC(O)CN(C)Cc1ccc(OC)cc1. The Morgan fingerprint density at radius 3 is 2.61 bits per heavy atom. The summed E-state index contributed by atoms with van der Waals surface area (Å²) in [6.45, 7) is 5.17. The van der Waals surface area contributed by atoms with Crippen LogP contribution in [0.2, 0.25) is 0 Å². The average molecular weight is 249 g/mol. The fraction of sp³-hybridized carbons (Fsp3) is 0.467. The molecule has 0 amide bonds. The second kappa shape index (κ2) is 7.90. The Hall–Kier alpha value is -1.32. The van der Waals surface area contributed by atoms with Crippen LogP contribution in [-0.2, 0) is 6.54 Å². The number of aliphatic hydroxyl groups is 1. The van der Waals surface area contributed by atoms with Gasteiger partial charge in [-0.1, -0.05) is 18.2 Å². The molecular formula is C15H23NO2. The van der Waals surface area contributed by atoms with Crippen molar-refractivity contribution in [3.63, 3.8) is 0 Å². The number of ether oxygens (including phenoxy) is 1. The predicted molar refractivity (Wildman–Crippen MR) is 74.8 cm³/mol. The van der Waals surface area contributed by atoms with E-state index in [2.05, 4.69) is 11.5 Å². The van der Waals surface area contributed by atoms with Crippen molar-refractivity contribution < 1.29 is 9.84 Å². The zero-order valence-corrected chi connectivity index (χ0v) is 11.3. The quantitative estimate of drug-likeness (QED) is 0.718. The molecule has 18 heavy (non-hydrogen) atoms. The number of rotatable bonds is 8. The van der Waals surface area contributed by atoms with Gasteiger partial charge in [-0.15, -0.1) is 6.58 Å². The standard InChI is InChI=1S/C15H23NO2/c1-4-5-6-14(17)12-16(2)11-13-7-9-15(18-3)10-8-13/h4,7-10,14,17H,1,5-6,11-12H2,2-3H3. The van der Waals surface area contributed by atoms with Crippen LogP contribution >= 0.6 is 0 Å². The lowest BCUT2D eigenvalue weighted by Crippen LogP contribution is -2.28. The molecule has 0 saturated carbocycles. The minimum Gasteiger partial charge on any atom is -0.497 e. The van der Waals surface area contributed by atoms with Gasteiger partial charge >= 0.3 is 0 Å². The Kier molecular flexibility index (Phi) is 6.47. The molecule has 0 radical (unpaired) electrons. The summed E-state index contributed by atoms with van der Waals surface area (Å²) in [7, 11) is 3.68. The molecule has 3 heteroatoms. The predicted octanol–water partition coefficient (Wildman–Crippen LogP) is 2.45. The highest BCUT2D eigenvalue weighted by Crippen LogP contribution is 2.12. The van der Waals surface area contributed by atoms with Crippen molar-refractivity contribution in [3.8, 4) is 5.75 Å². The highest BCUT2D eigenvalue weighted by Gasteiger charge is 2.07. The van der Waals surface area contributed by atoms with Crippen LogP contribution in [0.1, 0.15) is 18.4 Å². The molecule has 0 aromatic heterocycles. The van der Waals surface area contributed by atoms with Gasteiger partial charge in [0.25, 0.3) is 0 Å². The normalized spacial score (nSPS) is 12.4. The Bertz CT molecular complexity index is 348. The van der Waals surface area contributed by atoms with Crippen molar-refractivity contribution >= 4 is 0 Å². The molecule has 0 fully saturated rings.